The van der Waals surface area contributed by atoms with Crippen molar-refractivity contribution in [2.45, 2.75) is 96.4 Å². The van der Waals surface area contributed by atoms with Gasteiger partial charge in [0.05, 0.1) is 35.6 Å². The van der Waals surface area contributed by atoms with Gasteiger partial charge in [-0.1, -0.05) is 0 Å². The molecular formula is C20H37B2NO6. The Morgan fingerprint density at radius 2 is 1.17 bits per heavy atom. The van der Waals surface area contributed by atoms with Crippen LogP contribution in [-0.2, 0) is 28.1 Å². The Bertz CT molecular complexity index is 550. The number of carbonyl (C=O) groups excluding carboxylic acids is 1. The van der Waals surface area contributed by atoms with Crippen LogP contribution in [0.2, 0.25) is 5.72 Å². The topological polar surface area (TPSA) is 66.5 Å². The van der Waals surface area contributed by atoms with E-state index in [0.717, 1.165) is 0 Å². The van der Waals surface area contributed by atoms with Crippen molar-refractivity contribution in [3.8, 4) is 0 Å². The molecule has 0 aromatic heterocycles. The largest absolute Gasteiger partial charge is 0.458 e. The quantitative estimate of drug-likeness (QED) is 0.651. The van der Waals surface area contributed by atoms with E-state index in [1.807, 2.05) is 60.3 Å². The summed E-state index contributed by atoms with van der Waals surface area (Å²) in [7, 11) is -0.987. The zero-order valence-corrected chi connectivity index (χ0v) is 19.4. The van der Waals surface area contributed by atoms with Crippen LogP contribution in [-0.4, -0.2) is 73.8 Å². The Labute approximate surface area is 176 Å². The SMILES string of the molecule is CC1(C)OB(C(CCC(=O)N2CCOCC2)B2OC(C)(C)C(C)(C)O2)OC1(C)C. The Balaban J connectivity index is 1.75. The van der Waals surface area contributed by atoms with Crippen LogP contribution in [0.4, 0.5) is 0 Å². The zero-order valence-electron chi connectivity index (χ0n) is 19.4. The first-order valence-corrected chi connectivity index (χ1v) is 10.8. The van der Waals surface area contributed by atoms with Crippen LogP contribution in [0.25, 0.3) is 0 Å². The Hall–Kier alpha value is -0.600. The maximum Gasteiger partial charge on any atom is 0.458 e. The lowest BCUT2D eigenvalue weighted by Crippen LogP contribution is -2.42. The van der Waals surface area contributed by atoms with Crippen LogP contribution in [0.5, 0.6) is 0 Å². The lowest BCUT2D eigenvalue weighted by atomic mass is 9.50. The number of hydrogen-bond acceptors (Lipinski definition) is 6. The van der Waals surface area contributed by atoms with Crippen molar-refractivity contribution in [1.82, 2.24) is 4.90 Å². The van der Waals surface area contributed by atoms with E-state index in [1.165, 1.54) is 0 Å². The molecule has 3 fully saturated rings. The van der Waals surface area contributed by atoms with Gasteiger partial charge in [-0.25, -0.2) is 0 Å². The van der Waals surface area contributed by atoms with Gasteiger partial charge in [0.25, 0.3) is 0 Å². The fraction of sp³-hybridized carbons (Fsp3) is 0.950. The van der Waals surface area contributed by atoms with Gasteiger partial charge in [0.2, 0.25) is 5.91 Å². The normalized spacial score (nSPS) is 27.7. The molecule has 29 heavy (non-hydrogen) atoms. The predicted octanol–water partition coefficient (Wildman–Crippen LogP) is 2.72. The highest BCUT2D eigenvalue weighted by atomic mass is 16.7. The monoisotopic (exact) mass is 409 g/mol. The molecule has 3 heterocycles. The third kappa shape index (κ3) is 4.54. The molecule has 1 amide bonds. The van der Waals surface area contributed by atoms with E-state index >= 15 is 0 Å². The summed E-state index contributed by atoms with van der Waals surface area (Å²) in [6.07, 6.45) is 0.975. The maximum absolute atomic E-state index is 12.7. The molecule has 3 saturated heterocycles. The Morgan fingerprint density at radius 3 is 1.55 bits per heavy atom. The average Bonchev–Trinajstić information content (AvgIpc) is 2.95. The fourth-order valence-electron chi connectivity index (χ4n) is 3.79. The van der Waals surface area contributed by atoms with E-state index in [2.05, 4.69) is 0 Å². The molecular weight excluding hydrogens is 372 g/mol. The van der Waals surface area contributed by atoms with E-state index in [9.17, 15) is 4.79 Å². The van der Waals surface area contributed by atoms with Crippen molar-refractivity contribution in [3.05, 3.63) is 0 Å². The number of amides is 1. The molecule has 0 aromatic rings. The molecule has 7 nitrogen and oxygen atoms in total. The second-order valence-electron chi connectivity index (χ2n) is 10.4. The minimum atomic E-state index is -0.493. The zero-order chi connectivity index (χ0) is 21.7. The van der Waals surface area contributed by atoms with Gasteiger partial charge in [-0.05, 0) is 61.8 Å². The standard InChI is InChI=1S/C20H37B2NO6/c1-17(2)18(3,4)27-21(26-17)15(22-28-19(5,6)20(7,8)29-22)9-10-16(24)23-11-13-25-14-12-23/h15H,9-14H2,1-8H3. The van der Waals surface area contributed by atoms with Gasteiger partial charge in [-0.2, -0.15) is 0 Å². The van der Waals surface area contributed by atoms with E-state index in [-0.39, 0.29) is 11.6 Å². The molecule has 0 saturated carbocycles. The van der Waals surface area contributed by atoms with Gasteiger partial charge in [0.15, 0.2) is 0 Å². The third-order valence-corrected chi connectivity index (χ3v) is 7.30. The molecule has 0 bridgehead atoms. The number of rotatable bonds is 5. The first kappa shape index (κ1) is 23.1. The number of carbonyl (C=O) groups is 1. The molecule has 0 spiro atoms. The summed E-state index contributed by atoms with van der Waals surface area (Å²) in [5, 5.41) is 0. The van der Waals surface area contributed by atoms with Gasteiger partial charge in [-0.15, -0.1) is 0 Å². The van der Waals surface area contributed by atoms with Crippen LogP contribution < -0.4 is 0 Å². The molecule has 164 valence electrons. The van der Waals surface area contributed by atoms with Crippen LogP contribution in [0.15, 0.2) is 0 Å². The van der Waals surface area contributed by atoms with Gasteiger partial charge in [0, 0.05) is 25.2 Å². The number of nitrogens with zero attached hydrogens (tertiary/aromatic N) is 1. The van der Waals surface area contributed by atoms with Crippen LogP contribution in [0.1, 0.15) is 68.2 Å². The summed E-state index contributed by atoms with van der Waals surface area (Å²) in [6.45, 7) is 18.8. The highest BCUT2D eigenvalue weighted by Gasteiger charge is 2.61. The van der Waals surface area contributed by atoms with Crippen molar-refractivity contribution in [2.24, 2.45) is 0 Å². The van der Waals surface area contributed by atoms with Crippen LogP contribution in [0.3, 0.4) is 0 Å². The van der Waals surface area contributed by atoms with E-state index < -0.39 is 36.6 Å². The van der Waals surface area contributed by atoms with Crippen molar-refractivity contribution in [3.63, 3.8) is 0 Å². The first-order chi connectivity index (χ1) is 13.3. The maximum atomic E-state index is 12.7. The van der Waals surface area contributed by atoms with E-state index in [1.54, 1.807) is 0 Å². The third-order valence-electron chi connectivity index (χ3n) is 7.30. The first-order valence-electron chi connectivity index (χ1n) is 10.8. The molecule has 3 aliphatic rings. The van der Waals surface area contributed by atoms with Gasteiger partial charge in [-0.3, -0.25) is 4.79 Å². The second-order valence-corrected chi connectivity index (χ2v) is 10.4. The fourth-order valence-corrected chi connectivity index (χ4v) is 3.79. The predicted molar refractivity (Wildman–Crippen MR) is 113 cm³/mol. The second kappa shape index (κ2) is 7.83. The van der Waals surface area contributed by atoms with Gasteiger partial charge in [0.1, 0.15) is 0 Å². The smallest absolute Gasteiger partial charge is 0.403 e. The lowest BCUT2D eigenvalue weighted by Gasteiger charge is -2.32. The highest BCUT2D eigenvalue weighted by Crippen LogP contribution is 2.46. The summed E-state index contributed by atoms with van der Waals surface area (Å²) >= 11 is 0. The summed E-state index contributed by atoms with van der Waals surface area (Å²) in [5.41, 5.74) is -2.01. The Kier molecular flexibility index (Phi) is 6.23. The number of morpholine rings is 1. The summed E-state index contributed by atoms with van der Waals surface area (Å²) < 4.78 is 30.7. The highest BCUT2D eigenvalue weighted by molar-refractivity contribution is 6.68. The van der Waals surface area contributed by atoms with Crippen LogP contribution >= 0.6 is 0 Å². The van der Waals surface area contributed by atoms with Gasteiger partial charge >= 0.3 is 14.2 Å². The average molecular weight is 409 g/mol. The molecule has 3 rings (SSSR count). The molecule has 0 N–H and O–H groups in total. The number of hydrogen-bond donors (Lipinski definition) is 0. The molecule has 0 aromatic carbocycles. The van der Waals surface area contributed by atoms with Crippen molar-refractivity contribution < 1.29 is 28.1 Å². The summed E-state index contributed by atoms with van der Waals surface area (Å²) in [4.78, 5) is 14.6. The van der Waals surface area contributed by atoms with Crippen molar-refractivity contribution in [2.75, 3.05) is 26.3 Å². The van der Waals surface area contributed by atoms with Crippen molar-refractivity contribution >= 4 is 20.1 Å². The van der Waals surface area contributed by atoms with Gasteiger partial charge < -0.3 is 28.3 Å². The van der Waals surface area contributed by atoms with E-state index in [0.29, 0.717) is 39.1 Å². The molecule has 3 aliphatic heterocycles. The summed E-state index contributed by atoms with van der Waals surface area (Å²) in [5.74, 6) is 0.131. The summed E-state index contributed by atoms with van der Waals surface area (Å²) in [6, 6.07) is 0. The van der Waals surface area contributed by atoms with Crippen molar-refractivity contribution in [1.29, 1.82) is 0 Å². The lowest BCUT2D eigenvalue weighted by molar-refractivity contribution is -0.135. The van der Waals surface area contributed by atoms with E-state index in [4.69, 9.17) is 23.4 Å². The molecule has 0 unspecified atom stereocenters. The minimum Gasteiger partial charge on any atom is -0.403 e. The number of ether oxygens (including phenoxy) is 1. The Morgan fingerprint density at radius 1 is 0.793 bits per heavy atom. The van der Waals surface area contributed by atoms with Crippen LogP contribution in [0, 0.1) is 0 Å². The molecule has 0 atom stereocenters. The molecule has 0 aliphatic carbocycles. The molecule has 0 radical (unpaired) electrons. The minimum absolute atomic E-state index is 0.131. The molecule has 9 heteroatoms.